The lowest BCUT2D eigenvalue weighted by atomic mass is 10.1. The number of hydrogen-bond acceptors (Lipinski definition) is 6. The Morgan fingerprint density at radius 2 is 1.50 bits per heavy atom. The number of piperazine rings is 1. The van der Waals surface area contributed by atoms with E-state index < -0.39 is 42.6 Å². The van der Waals surface area contributed by atoms with E-state index in [-0.39, 0.29) is 41.9 Å². The first-order valence-electron chi connectivity index (χ1n) is 11.6. The molecule has 1 saturated heterocycles. The maximum absolute atomic E-state index is 14.0. The van der Waals surface area contributed by atoms with Crippen LogP contribution in [-0.4, -0.2) is 55.0 Å². The van der Waals surface area contributed by atoms with E-state index in [0.717, 1.165) is 30.7 Å². The lowest BCUT2D eigenvalue weighted by molar-refractivity contribution is 0.0699. The molecule has 0 radical (unpaired) electrons. The molecule has 1 amide bonds. The van der Waals surface area contributed by atoms with E-state index in [4.69, 9.17) is 32.2 Å². The molecule has 2 N–H and O–H groups in total. The standard InChI is InChI=1S/C17H20F2N2O3.C10H8F2O2/c1-3-7-23-13-8-15(18)14(16(19)9-13)11-24-17(22)21-6-5-20-10-12(21)4-2;1-2-3-14-7-4-9(11)8(6-13)10(12)5-7/h1,8-9,12,20H,4-7,10-11H2,2H3;1,4-5,13H,3,6H2/t12-;/m1./s1. The molecule has 11 heteroatoms. The molecule has 2 aromatic rings. The molecule has 38 heavy (non-hydrogen) atoms. The van der Waals surface area contributed by atoms with Crippen LogP contribution >= 0.6 is 0 Å². The van der Waals surface area contributed by atoms with E-state index in [1.807, 2.05) is 6.92 Å². The van der Waals surface area contributed by atoms with Crippen molar-refractivity contribution < 1.29 is 41.7 Å². The summed E-state index contributed by atoms with van der Waals surface area (Å²) in [5, 5.41) is 11.8. The molecule has 1 heterocycles. The Morgan fingerprint density at radius 3 is 1.95 bits per heavy atom. The van der Waals surface area contributed by atoms with Crippen LogP contribution in [0.1, 0.15) is 24.5 Å². The molecule has 2 aromatic carbocycles. The third kappa shape index (κ3) is 8.58. The van der Waals surface area contributed by atoms with Gasteiger partial charge in [-0.3, -0.25) is 0 Å². The van der Waals surface area contributed by atoms with E-state index in [9.17, 15) is 22.4 Å². The number of hydrogen-bond donors (Lipinski definition) is 2. The Kier molecular flexibility index (Phi) is 12.2. The summed E-state index contributed by atoms with van der Waals surface area (Å²) in [6.45, 7) is 2.49. The topological polar surface area (TPSA) is 80.3 Å². The Hall–Kier alpha value is -3.93. The van der Waals surface area contributed by atoms with Crippen molar-refractivity contribution >= 4 is 6.09 Å². The molecule has 1 atom stereocenters. The number of nitrogens with one attached hydrogen (secondary N) is 1. The number of rotatable bonds is 8. The first kappa shape index (κ1) is 30.3. The number of terminal acetylenes is 2. The van der Waals surface area contributed by atoms with Gasteiger partial charge in [0.05, 0.1) is 12.2 Å². The first-order valence-corrected chi connectivity index (χ1v) is 11.6. The molecule has 0 aliphatic carbocycles. The number of aliphatic hydroxyl groups excluding tert-OH is 1. The highest BCUT2D eigenvalue weighted by molar-refractivity contribution is 5.68. The molecule has 0 spiro atoms. The Bertz CT molecular complexity index is 1130. The van der Waals surface area contributed by atoms with Crippen molar-refractivity contribution in [2.75, 3.05) is 32.8 Å². The molecule has 1 aliphatic rings. The molecule has 0 unspecified atom stereocenters. The second-order valence-electron chi connectivity index (χ2n) is 7.89. The summed E-state index contributed by atoms with van der Waals surface area (Å²) in [6.07, 6.45) is 10.1. The van der Waals surface area contributed by atoms with Gasteiger partial charge in [-0.1, -0.05) is 18.8 Å². The third-order valence-corrected chi connectivity index (χ3v) is 5.43. The average molecular weight is 537 g/mol. The van der Waals surface area contributed by atoms with Gasteiger partial charge in [-0.25, -0.2) is 22.4 Å². The van der Waals surface area contributed by atoms with Crippen molar-refractivity contribution in [3.05, 3.63) is 58.7 Å². The normalized spacial score (nSPS) is 14.4. The van der Waals surface area contributed by atoms with Crippen LogP contribution in [0.5, 0.6) is 11.5 Å². The van der Waals surface area contributed by atoms with Gasteiger partial charge in [0.1, 0.15) is 54.6 Å². The van der Waals surface area contributed by atoms with Gasteiger partial charge >= 0.3 is 6.09 Å². The number of ether oxygens (including phenoxy) is 3. The van der Waals surface area contributed by atoms with E-state index in [2.05, 4.69) is 17.2 Å². The number of halogens is 4. The van der Waals surface area contributed by atoms with E-state index >= 15 is 0 Å². The van der Waals surface area contributed by atoms with Gasteiger partial charge in [0.15, 0.2) is 0 Å². The van der Waals surface area contributed by atoms with Gasteiger partial charge in [0.2, 0.25) is 0 Å². The summed E-state index contributed by atoms with van der Waals surface area (Å²) in [5.41, 5.74) is -0.697. The summed E-state index contributed by atoms with van der Waals surface area (Å²) in [4.78, 5) is 13.7. The fourth-order valence-corrected chi connectivity index (χ4v) is 3.45. The predicted molar refractivity (Wildman–Crippen MR) is 131 cm³/mol. The zero-order valence-corrected chi connectivity index (χ0v) is 20.7. The van der Waals surface area contributed by atoms with E-state index in [0.29, 0.717) is 19.6 Å². The Labute approximate surface area is 218 Å². The first-order chi connectivity index (χ1) is 18.2. The zero-order chi connectivity index (χ0) is 28.1. The molecule has 1 fully saturated rings. The van der Waals surface area contributed by atoms with Gasteiger partial charge in [-0.2, -0.15) is 0 Å². The van der Waals surface area contributed by atoms with Crippen molar-refractivity contribution in [2.24, 2.45) is 0 Å². The van der Waals surface area contributed by atoms with E-state index in [1.165, 1.54) is 0 Å². The highest BCUT2D eigenvalue weighted by atomic mass is 19.1. The quantitative estimate of drug-likeness (QED) is 0.395. The van der Waals surface area contributed by atoms with Crippen LogP contribution in [0.3, 0.4) is 0 Å². The van der Waals surface area contributed by atoms with Crippen LogP contribution in [-0.2, 0) is 18.0 Å². The number of carbonyl (C=O) groups excluding carboxylic acids is 1. The van der Waals surface area contributed by atoms with Crippen LogP contribution in [0.2, 0.25) is 0 Å². The van der Waals surface area contributed by atoms with Crippen molar-refractivity contribution in [1.29, 1.82) is 0 Å². The van der Waals surface area contributed by atoms with Crippen LogP contribution in [0.15, 0.2) is 24.3 Å². The number of benzene rings is 2. The van der Waals surface area contributed by atoms with Crippen LogP contribution in [0.25, 0.3) is 0 Å². The minimum absolute atomic E-state index is 0.00817. The smallest absolute Gasteiger partial charge is 0.410 e. The lowest BCUT2D eigenvalue weighted by Crippen LogP contribution is -2.53. The maximum Gasteiger partial charge on any atom is 0.410 e. The molecule has 7 nitrogen and oxygen atoms in total. The third-order valence-electron chi connectivity index (χ3n) is 5.43. The largest absolute Gasteiger partial charge is 0.481 e. The summed E-state index contributed by atoms with van der Waals surface area (Å²) in [7, 11) is 0. The van der Waals surface area contributed by atoms with Crippen molar-refractivity contribution in [1.82, 2.24) is 10.2 Å². The molecule has 0 aromatic heterocycles. The zero-order valence-electron chi connectivity index (χ0n) is 20.7. The van der Waals surface area contributed by atoms with Crippen molar-refractivity contribution in [3.8, 4) is 36.2 Å². The van der Waals surface area contributed by atoms with Gasteiger partial charge in [-0.15, -0.1) is 12.8 Å². The maximum atomic E-state index is 14.0. The summed E-state index contributed by atoms with van der Waals surface area (Å²) in [5.74, 6) is 0.991. The average Bonchev–Trinajstić information content (AvgIpc) is 2.90. The fourth-order valence-electron chi connectivity index (χ4n) is 3.45. The number of aliphatic hydroxyl groups is 1. The van der Waals surface area contributed by atoms with Gasteiger partial charge in [0, 0.05) is 55.5 Å². The highest BCUT2D eigenvalue weighted by Gasteiger charge is 2.27. The van der Waals surface area contributed by atoms with Crippen molar-refractivity contribution in [3.63, 3.8) is 0 Å². The Balaban J connectivity index is 0.000000308. The molecular formula is C27H28F4N2O5. The van der Waals surface area contributed by atoms with E-state index in [1.54, 1.807) is 4.90 Å². The second kappa shape index (κ2) is 15.4. The Morgan fingerprint density at radius 1 is 1.00 bits per heavy atom. The second-order valence-corrected chi connectivity index (χ2v) is 7.89. The molecule has 3 rings (SSSR count). The lowest BCUT2D eigenvalue weighted by Gasteiger charge is -2.34. The molecule has 0 bridgehead atoms. The van der Waals surface area contributed by atoms with Gasteiger partial charge in [0.25, 0.3) is 0 Å². The minimum Gasteiger partial charge on any atom is -0.481 e. The number of nitrogens with zero attached hydrogens (tertiary/aromatic N) is 1. The molecule has 0 saturated carbocycles. The van der Waals surface area contributed by atoms with Crippen LogP contribution < -0.4 is 14.8 Å². The minimum atomic E-state index is -0.848. The summed E-state index contributed by atoms with van der Waals surface area (Å²) < 4.78 is 68.9. The predicted octanol–water partition coefficient (Wildman–Crippen LogP) is 3.77. The SMILES string of the molecule is C#CCOc1cc(F)c(CO)c(F)c1.C#CCOc1cc(F)c(COC(=O)N2CCNC[C@H]2CC)c(F)c1. The van der Waals surface area contributed by atoms with Gasteiger partial charge in [-0.05, 0) is 6.42 Å². The summed E-state index contributed by atoms with van der Waals surface area (Å²) >= 11 is 0. The number of amides is 1. The molecule has 1 aliphatic heterocycles. The van der Waals surface area contributed by atoms with Crippen molar-refractivity contribution in [2.45, 2.75) is 32.6 Å². The monoisotopic (exact) mass is 536 g/mol. The van der Waals surface area contributed by atoms with Gasteiger partial charge < -0.3 is 29.5 Å². The molecule has 204 valence electrons. The van der Waals surface area contributed by atoms with Crippen LogP contribution in [0.4, 0.5) is 22.4 Å². The summed E-state index contributed by atoms with van der Waals surface area (Å²) in [6, 6.07) is 4.00. The fraction of sp³-hybridized carbons (Fsp3) is 0.370. The number of carbonyl (C=O) groups is 1. The molecular weight excluding hydrogens is 508 g/mol. The van der Waals surface area contributed by atoms with Crippen LogP contribution in [0, 0.1) is 48.0 Å². The highest BCUT2D eigenvalue weighted by Crippen LogP contribution is 2.22.